The number of anilines is 1. The molecule has 1 aromatic rings. The quantitative estimate of drug-likeness (QED) is 0.826. The fourth-order valence-corrected chi connectivity index (χ4v) is 1.81. The molecule has 1 fully saturated rings. The summed E-state index contributed by atoms with van der Waals surface area (Å²) in [7, 11) is 3.97. The summed E-state index contributed by atoms with van der Waals surface area (Å²) >= 11 is 0. The maximum Gasteiger partial charge on any atom is 0.218 e. The summed E-state index contributed by atoms with van der Waals surface area (Å²) in [5.41, 5.74) is 0. The average molecular weight is 222 g/mol. The molecule has 0 saturated carbocycles. The number of aromatic nitrogens is 2. The van der Waals surface area contributed by atoms with E-state index in [0.717, 1.165) is 31.7 Å². The highest BCUT2D eigenvalue weighted by Gasteiger charge is 2.18. The van der Waals surface area contributed by atoms with Gasteiger partial charge >= 0.3 is 0 Å². The molecule has 2 rings (SSSR count). The van der Waals surface area contributed by atoms with Crippen LogP contribution in [0.15, 0.2) is 12.4 Å². The summed E-state index contributed by atoms with van der Waals surface area (Å²) < 4.78 is 5.83. The molecule has 2 heterocycles. The van der Waals surface area contributed by atoms with Crippen LogP contribution in [-0.2, 0) is 0 Å². The molecule has 0 aliphatic carbocycles. The van der Waals surface area contributed by atoms with Crippen LogP contribution in [0.3, 0.4) is 0 Å². The fourth-order valence-electron chi connectivity index (χ4n) is 1.81. The summed E-state index contributed by atoms with van der Waals surface area (Å²) in [6, 6.07) is 1.83. The first-order chi connectivity index (χ1) is 7.78. The summed E-state index contributed by atoms with van der Waals surface area (Å²) in [6.45, 7) is 2.18. The highest BCUT2D eigenvalue weighted by atomic mass is 16.5. The molecule has 0 bridgehead atoms. The number of hydrogen-bond acceptors (Lipinski definition) is 5. The highest BCUT2D eigenvalue weighted by Crippen LogP contribution is 2.17. The molecule has 1 aliphatic rings. The Labute approximate surface area is 95.8 Å². The average Bonchev–Trinajstić information content (AvgIpc) is 2.32. The van der Waals surface area contributed by atoms with Crippen molar-refractivity contribution >= 4 is 5.82 Å². The summed E-state index contributed by atoms with van der Waals surface area (Å²) in [5, 5.41) is 2.97. The zero-order valence-electron chi connectivity index (χ0n) is 9.81. The van der Waals surface area contributed by atoms with Crippen LogP contribution in [0.5, 0.6) is 5.88 Å². The predicted octanol–water partition coefficient (Wildman–Crippen LogP) is 0.991. The second-order valence-corrected chi connectivity index (χ2v) is 4.11. The summed E-state index contributed by atoms with van der Waals surface area (Å²) in [6.07, 6.45) is 3.94. The van der Waals surface area contributed by atoms with Gasteiger partial charge in [0, 0.05) is 26.2 Å². The Morgan fingerprint density at radius 2 is 2.12 bits per heavy atom. The predicted molar refractivity (Wildman–Crippen MR) is 62.7 cm³/mol. The van der Waals surface area contributed by atoms with Gasteiger partial charge in [0.1, 0.15) is 18.2 Å². The van der Waals surface area contributed by atoms with E-state index < -0.39 is 0 Å². The Balaban J connectivity index is 1.93. The van der Waals surface area contributed by atoms with Gasteiger partial charge in [0.25, 0.3) is 0 Å². The van der Waals surface area contributed by atoms with Crippen molar-refractivity contribution < 1.29 is 4.74 Å². The fraction of sp³-hybridized carbons (Fsp3) is 0.636. The number of rotatable bonds is 3. The molecule has 1 aliphatic heterocycles. The molecule has 0 unspecified atom stereocenters. The largest absolute Gasteiger partial charge is 0.474 e. The Morgan fingerprint density at radius 1 is 1.38 bits per heavy atom. The molecule has 0 aromatic carbocycles. The Kier molecular flexibility index (Phi) is 3.56. The number of ether oxygens (including phenoxy) is 1. The lowest BCUT2D eigenvalue weighted by molar-refractivity contribution is 0.110. The highest BCUT2D eigenvalue weighted by molar-refractivity contribution is 5.36. The van der Waals surface area contributed by atoms with E-state index in [1.54, 1.807) is 0 Å². The van der Waals surface area contributed by atoms with E-state index in [9.17, 15) is 0 Å². The van der Waals surface area contributed by atoms with Gasteiger partial charge in [0.2, 0.25) is 5.88 Å². The summed E-state index contributed by atoms with van der Waals surface area (Å²) in [5.74, 6) is 1.45. The van der Waals surface area contributed by atoms with Gasteiger partial charge in [0.15, 0.2) is 0 Å². The molecule has 0 radical (unpaired) electrons. The van der Waals surface area contributed by atoms with E-state index >= 15 is 0 Å². The van der Waals surface area contributed by atoms with Crippen molar-refractivity contribution in [2.24, 2.45) is 0 Å². The van der Waals surface area contributed by atoms with Crippen LogP contribution in [0.4, 0.5) is 5.82 Å². The minimum Gasteiger partial charge on any atom is -0.474 e. The minimum atomic E-state index is 0.288. The molecular formula is C11H18N4O. The number of hydrogen-bond donors (Lipinski definition) is 1. The van der Waals surface area contributed by atoms with Crippen molar-refractivity contribution in [3.05, 3.63) is 12.4 Å². The van der Waals surface area contributed by atoms with Gasteiger partial charge in [0.05, 0.1) is 0 Å². The van der Waals surface area contributed by atoms with E-state index in [1.165, 1.54) is 6.33 Å². The second-order valence-electron chi connectivity index (χ2n) is 4.11. The van der Waals surface area contributed by atoms with Gasteiger partial charge in [-0.25, -0.2) is 9.97 Å². The molecule has 16 heavy (non-hydrogen) atoms. The van der Waals surface area contributed by atoms with Gasteiger partial charge in [-0.1, -0.05) is 0 Å². The molecule has 1 N–H and O–H groups in total. The zero-order valence-corrected chi connectivity index (χ0v) is 9.81. The second kappa shape index (κ2) is 5.12. The molecule has 1 aromatic heterocycles. The minimum absolute atomic E-state index is 0.288. The first kappa shape index (κ1) is 11.1. The third-order valence-corrected chi connectivity index (χ3v) is 2.85. The van der Waals surface area contributed by atoms with Crippen molar-refractivity contribution in [3.8, 4) is 5.88 Å². The molecular weight excluding hydrogens is 204 g/mol. The van der Waals surface area contributed by atoms with Crippen LogP contribution < -0.4 is 10.1 Å². The van der Waals surface area contributed by atoms with Crippen molar-refractivity contribution in [2.45, 2.75) is 18.9 Å². The van der Waals surface area contributed by atoms with Gasteiger partial charge in [-0.05, 0) is 19.9 Å². The van der Waals surface area contributed by atoms with Gasteiger partial charge in [-0.2, -0.15) is 0 Å². The molecule has 1 saturated heterocycles. The number of nitrogens with zero attached hydrogens (tertiary/aromatic N) is 3. The molecule has 0 amide bonds. The van der Waals surface area contributed by atoms with E-state index in [0.29, 0.717) is 5.88 Å². The van der Waals surface area contributed by atoms with E-state index in [-0.39, 0.29) is 6.10 Å². The molecule has 88 valence electrons. The van der Waals surface area contributed by atoms with Crippen molar-refractivity contribution in [1.82, 2.24) is 14.9 Å². The Bertz CT molecular complexity index is 337. The van der Waals surface area contributed by atoms with Gasteiger partial charge in [-0.3, -0.25) is 0 Å². The van der Waals surface area contributed by atoms with Crippen LogP contribution in [0.2, 0.25) is 0 Å². The standard InChI is InChI=1S/C11H18N4O/c1-12-10-7-11(14-8-13-10)16-9-3-5-15(2)6-4-9/h7-9H,3-6H2,1-2H3,(H,12,13,14). The first-order valence-electron chi connectivity index (χ1n) is 5.63. The lowest BCUT2D eigenvalue weighted by Gasteiger charge is -2.28. The monoisotopic (exact) mass is 222 g/mol. The normalized spacial score (nSPS) is 18.4. The van der Waals surface area contributed by atoms with Crippen molar-refractivity contribution in [1.29, 1.82) is 0 Å². The third-order valence-electron chi connectivity index (χ3n) is 2.85. The van der Waals surface area contributed by atoms with Crippen LogP contribution in [0, 0.1) is 0 Å². The summed E-state index contributed by atoms with van der Waals surface area (Å²) in [4.78, 5) is 10.5. The third kappa shape index (κ3) is 2.82. The van der Waals surface area contributed by atoms with Gasteiger partial charge < -0.3 is 15.0 Å². The van der Waals surface area contributed by atoms with Crippen molar-refractivity contribution in [3.63, 3.8) is 0 Å². The van der Waals surface area contributed by atoms with Crippen LogP contribution in [0.25, 0.3) is 0 Å². The lowest BCUT2D eigenvalue weighted by Crippen LogP contribution is -2.35. The van der Waals surface area contributed by atoms with Crippen LogP contribution in [0.1, 0.15) is 12.8 Å². The smallest absolute Gasteiger partial charge is 0.218 e. The maximum atomic E-state index is 5.83. The first-order valence-corrected chi connectivity index (χ1v) is 5.63. The van der Waals surface area contributed by atoms with E-state index in [4.69, 9.17) is 4.74 Å². The van der Waals surface area contributed by atoms with E-state index in [2.05, 4.69) is 27.2 Å². The molecule has 5 heteroatoms. The van der Waals surface area contributed by atoms with Crippen LogP contribution >= 0.6 is 0 Å². The lowest BCUT2D eigenvalue weighted by atomic mass is 10.1. The number of piperidine rings is 1. The topological polar surface area (TPSA) is 50.3 Å². The molecule has 5 nitrogen and oxygen atoms in total. The SMILES string of the molecule is CNc1cc(OC2CCN(C)CC2)ncn1. The van der Waals surface area contributed by atoms with Crippen LogP contribution in [-0.4, -0.2) is 48.2 Å². The number of likely N-dealkylation sites (tertiary alicyclic amines) is 1. The molecule has 0 spiro atoms. The molecule has 0 atom stereocenters. The zero-order chi connectivity index (χ0) is 11.4. The Hall–Kier alpha value is -1.36. The van der Waals surface area contributed by atoms with E-state index in [1.807, 2.05) is 13.1 Å². The number of nitrogens with one attached hydrogen (secondary N) is 1. The van der Waals surface area contributed by atoms with Crippen molar-refractivity contribution in [2.75, 3.05) is 32.5 Å². The maximum absolute atomic E-state index is 5.83. The Morgan fingerprint density at radius 3 is 2.81 bits per heavy atom. The van der Waals surface area contributed by atoms with Gasteiger partial charge in [-0.15, -0.1) is 0 Å².